The van der Waals surface area contributed by atoms with Gasteiger partial charge in [-0.05, 0) is 54.2 Å². The van der Waals surface area contributed by atoms with Crippen LogP contribution in [0.1, 0.15) is 58.6 Å². The molecule has 1 fully saturated rings. The monoisotopic (exact) mass is 287 g/mol. The molecule has 0 saturated carbocycles. The van der Waals surface area contributed by atoms with E-state index in [0.29, 0.717) is 0 Å². The smallest absolute Gasteiger partial charge is 0.00103 e. The molecule has 118 valence electrons. The molecule has 0 unspecified atom stereocenters. The molecule has 1 saturated heterocycles. The highest BCUT2D eigenvalue weighted by Gasteiger charge is 2.18. The maximum atomic E-state index is 2.67. The van der Waals surface area contributed by atoms with Gasteiger partial charge in [-0.1, -0.05) is 58.9 Å². The highest BCUT2D eigenvalue weighted by Crippen LogP contribution is 2.23. The Hall–Kier alpha value is -0.820. The van der Waals surface area contributed by atoms with E-state index in [9.17, 15) is 0 Å². The second kappa shape index (κ2) is 6.96. The van der Waals surface area contributed by atoms with Gasteiger partial charge in [0.05, 0.1) is 0 Å². The fourth-order valence-electron chi connectivity index (χ4n) is 3.50. The summed E-state index contributed by atoms with van der Waals surface area (Å²) >= 11 is 0. The molecule has 1 aliphatic heterocycles. The van der Waals surface area contributed by atoms with Gasteiger partial charge >= 0.3 is 0 Å². The summed E-state index contributed by atoms with van der Waals surface area (Å²) in [6.45, 7) is 15.5. The number of hydrogen-bond acceptors (Lipinski definition) is 1. The van der Waals surface area contributed by atoms with Crippen LogP contribution in [0.2, 0.25) is 0 Å². The Morgan fingerprint density at radius 1 is 1.19 bits per heavy atom. The first-order valence-electron chi connectivity index (χ1n) is 8.66. The molecule has 0 aromatic heterocycles. The van der Waals surface area contributed by atoms with Crippen molar-refractivity contribution in [1.29, 1.82) is 0 Å². The van der Waals surface area contributed by atoms with Gasteiger partial charge in [-0.15, -0.1) is 0 Å². The van der Waals surface area contributed by atoms with E-state index >= 15 is 0 Å². The van der Waals surface area contributed by atoms with Crippen molar-refractivity contribution >= 4 is 0 Å². The van der Waals surface area contributed by atoms with Gasteiger partial charge in [0.15, 0.2) is 0 Å². The second-order valence-electron chi connectivity index (χ2n) is 8.26. The topological polar surface area (TPSA) is 3.24 Å². The van der Waals surface area contributed by atoms with Crippen molar-refractivity contribution < 1.29 is 0 Å². The quantitative estimate of drug-likeness (QED) is 0.761. The van der Waals surface area contributed by atoms with Crippen LogP contribution in [0.3, 0.4) is 0 Å². The Bertz CT molecular complexity index is 426. The van der Waals surface area contributed by atoms with E-state index in [1.807, 2.05) is 0 Å². The van der Waals surface area contributed by atoms with Gasteiger partial charge in [0.25, 0.3) is 0 Å². The fourth-order valence-corrected chi connectivity index (χ4v) is 3.50. The highest BCUT2D eigenvalue weighted by atomic mass is 15.1. The molecule has 21 heavy (non-hydrogen) atoms. The lowest BCUT2D eigenvalue weighted by molar-refractivity contribution is 0.162. The highest BCUT2D eigenvalue weighted by molar-refractivity contribution is 5.27. The van der Waals surface area contributed by atoms with Crippen LogP contribution in [0, 0.1) is 11.8 Å². The molecule has 2 rings (SSSR count). The maximum absolute atomic E-state index is 2.67. The minimum absolute atomic E-state index is 0.258. The van der Waals surface area contributed by atoms with Gasteiger partial charge in [-0.3, -0.25) is 0 Å². The molecule has 1 aromatic carbocycles. The number of benzene rings is 1. The summed E-state index contributed by atoms with van der Waals surface area (Å²) in [4.78, 5) is 2.67. The second-order valence-corrected chi connectivity index (χ2v) is 8.26. The zero-order valence-corrected chi connectivity index (χ0v) is 14.7. The Morgan fingerprint density at radius 3 is 2.43 bits per heavy atom. The van der Waals surface area contributed by atoms with Crippen molar-refractivity contribution in [2.24, 2.45) is 11.8 Å². The largest absolute Gasteiger partial charge is 0.303 e. The van der Waals surface area contributed by atoms with Crippen LogP contribution in [-0.2, 0) is 11.8 Å². The third kappa shape index (κ3) is 5.14. The summed E-state index contributed by atoms with van der Waals surface area (Å²) in [5.74, 6) is 1.63. The molecular formula is C20H33N. The van der Waals surface area contributed by atoms with Crippen LogP contribution in [0.4, 0.5) is 0 Å². The Kier molecular flexibility index (Phi) is 5.48. The molecule has 1 aromatic rings. The summed E-state index contributed by atoms with van der Waals surface area (Å²) in [6.07, 6.45) is 4.00. The van der Waals surface area contributed by atoms with Crippen molar-refractivity contribution in [3.63, 3.8) is 0 Å². The number of likely N-dealkylation sites (tertiary alicyclic amines) is 1. The molecule has 0 aliphatic carbocycles. The lowest BCUT2D eigenvalue weighted by atomic mass is 9.86. The SMILES string of the molecule is C[C@H]1CCCN(C[C@@H](C)Cc2ccc(C(C)(C)C)cc2)C1. The zero-order valence-electron chi connectivity index (χ0n) is 14.7. The molecule has 0 N–H and O–H groups in total. The molecule has 0 spiro atoms. The third-order valence-electron chi connectivity index (χ3n) is 4.72. The summed E-state index contributed by atoms with van der Waals surface area (Å²) in [7, 11) is 0. The lowest BCUT2D eigenvalue weighted by Crippen LogP contribution is -2.37. The maximum Gasteiger partial charge on any atom is 0.00103 e. The average Bonchev–Trinajstić information content (AvgIpc) is 2.38. The van der Waals surface area contributed by atoms with Gasteiger partial charge in [-0.2, -0.15) is 0 Å². The minimum Gasteiger partial charge on any atom is -0.303 e. The summed E-state index contributed by atoms with van der Waals surface area (Å²) in [6, 6.07) is 9.28. The van der Waals surface area contributed by atoms with E-state index in [1.54, 1.807) is 0 Å². The zero-order chi connectivity index (χ0) is 15.5. The van der Waals surface area contributed by atoms with Crippen molar-refractivity contribution in [3.05, 3.63) is 35.4 Å². The van der Waals surface area contributed by atoms with Crippen LogP contribution in [0.15, 0.2) is 24.3 Å². The lowest BCUT2D eigenvalue weighted by Gasteiger charge is -2.32. The molecule has 0 amide bonds. The molecule has 1 heterocycles. The normalized spacial score (nSPS) is 22.2. The van der Waals surface area contributed by atoms with Gasteiger partial charge in [0.1, 0.15) is 0 Å². The first-order valence-corrected chi connectivity index (χ1v) is 8.66. The molecule has 1 aliphatic rings. The Morgan fingerprint density at radius 2 is 1.86 bits per heavy atom. The van der Waals surface area contributed by atoms with Gasteiger partial charge in [0, 0.05) is 13.1 Å². The van der Waals surface area contributed by atoms with E-state index in [0.717, 1.165) is 11.8 Å². The number of nitrogens with zero attached hydrogens (tertiary/aromatic N) is 1. The van der Waals surface area contributed by atoms with Gasteiger partial charge in [0.2, 0.25) is 0 Å². The van der Waals surface area contributed by atoms with Crippen LogP contribution >= 0.6 is 0 Å². The van der Waals surface area contributed by atoms with Crippen molar-refractivity contribution in [2.45, 2.75) is 59.3 Å². The molecule has 2 atom stereocenters. The summed E-state index contributed by atoms with van der Waals surface area (Å²) in [5.41, 5.74) is 3.18. The van der Waals surface area contributed by atoms with E-state index in [2.05, 4.69) is 63.8 Å². The van der Waals surface area contributed by atoms with E-state index in [-0.39, 0.29) is 5.41 Å². The first kappa shape index (κ1) is 16.5. The Balaban J connectivity index is 1.86. The molecule has 1 heteroatoms. The predicted octanol–water partition coefficient (Wildman–Crippen LogP) is 4.89. The van der Waals surface area contributed by atoms with Gasteiger partial charge < -0.3 is 4.90 Å². The Labute approximate surface area is 131 Å². The van der Waals surface area contributed by atoms with Crippen molar-refractivity contribution in [2.75, 3.05) is 19.6 Å². The molecule has 0 radical (unpaired) electrons. The predicted molar refractivity (Wildman–Crippen MR) is 92.8 cm³/mol. The van der Waals surface area contributed by atoms with E-state index in [1.165, 1.54) is 50.0 Å². The summed E-state index contributed by atoms with van der Waals surface area (Å²) < 4.78 is 0. The third-order valence-corrected chi connectivity index (χ3v) is 4.72. The first-order chi connectivity index (χ1) is 9.84. The minimum atomic E-state index is 0.258. The summed E-state index contributed by atoms with van der Waals surface area (Å²) in [5, 5.41) is 0. The van der Waals surface area contributed by atoms with E-state index in [4.69, 9.17) is 0 Å². The van der Waals surface area contributed by atoms with Crippen molar-refractivity contribution in [3.8, 4) is 0 Å². The van der Waals surface area contributed by atoms with Crippen molar-refractivity contribution in [1.82, 2.24) is 4.90 Å². The van der Waals surface area contributed by atoms with Crippen LogP contribution in [0.5, 0.6) is 0 Å². The van der Waals surface area contributed by atoms with Crippen LogP contribution in [0.25, 0.3) is 0 Å². The molecule has 1 nitrogen and oxygen atoms in total. The van der Waals surface area contributed by atoms with Gasteiger partial charge in [-0.25, -0.2) is 0 Å². The fraction of sp³-hybridized carbons (Fsp3) is 0.700. The van der Waals surface area contributed by atoms with E-state index < -0.39 is 0 Å². The molecular weight excluding hydrogens is 254 g/mol. The number of rotatable bonds is 4. The molecule has 0 bridgehead atoms. The van der Waals surface area contributed by atoms with Crippen LogP contribution in [-0.4, -0.2) is 24.5 Å². The number of hydrogen-bond donors (Lipinski definition) is 0. The van der Waals surface area contributed by atoms with Crippen LogP contribution < -0.4 is 0 Å². The number of piperidine rings is 1. The average molecular weight is 287 g/mol. The standard InChI is InChI=1S/C20H33N/c1-16-7-6-12-21(14-16)15-17(2)13-18-8-10-19(11-9-18)20(3,4)5/h8-11,16-17H,6-7,12-15H2,1-5H3/t16-,17-/m0/s1.